The molecule has 3 nitrogen and oxygen atoms in total. The number of nitrogens with zero attached hydrogens (tertiary/aromatic N) is 1. The van der Waals surface area contributed by atoms with E-state index < -0.39 is 0 Å². The summed E-state index contributed by atoms with van der Waals surface area (Å²) in [6.07, 6.45) is 0. The molecule has 1 heterocycles. The van der Waals surface area contributed by atoms with Crippen molar-refractivity contribution in [3.05, 3.63) is 59.2 Å². The average Bonchev–Trinajstić information content (AvgIpc) is 2.51. The fraction of sp³-hybridized carbons (Fsp3) is 0.235. The van der Waals surface area contributed by atoms with E-state index in [0.717, 1.165) is 21.7 Å². The van der Waals surface area contributed by atoms with E-state index in [1.54, 1.807) is 11.8 Å². The number of thioether (sulfide) groups is 1. The van der Waals surface area contributed by atoms with Gasteiger partial charge in [0.15, 0.2) is 0 Å². The van der Waals surface area contributed by atoms with E-state index in [4.69, 9.17) is 0 Å². The van der Waals surface area contributed by atoms with Crippen LogP contribution in [0.15, 0.2) is 47.4 Å². The molecular weight excluding hydrogens is 282 g/mol. The summed E-state index contributed by atoms with van der Waals surface area (Å²) in [5.41, 5.74) is 4.08. The van der Waals surface area contributed by atoms with Crippen LogP contribution in [0.2, 0.25) is 0 Å². The number of benzene rings is 2. The molecule has 0 unspecified atom stereocenters. The number of hydrogen-bond donors (Lipinski definition) is 1. The van der Waals surface area contributed by atoms with Crippen molar-refractivity contribution in [1.82, 2.24) is 0 Å². The minimum atomic E-state index is -0.00958. The minimum Gasteiger partial charge on any atom is -0.392 e. The van der Waals surface area contributed by atoms with Crippen molar-refractivity contribution in [2.45, 2.75) is 25.0 Å². The zero-order chi connectivity index (χ0) is 14.8. The van der Waals surface area contributed by atoms with Gasteiger partial charge in [-0.2, -0.15) is 0 Å². The van der Waals surface area contributed by atoms with E-state index >= 15 is 0 Å². The summed E-state index contributed by atoms with van der Waals surface area (Å²) in [5.74, 6) is 0.586. The van der Waals surface area contributed by atoms with Crippen molar-refractivity contribution in [1.29, 1.82) is 0 Å². The molecule has 0 bridgehead atoms. The molecule has 2 aromatic carbocycles. The predicted octanol–water partition coefficient (Wildman–Crippen LogP) is 3.13. The standard InChI is InChI=1S/C17H17NO2S/c1-12-4-2-3-5-14(12)9-18-15-8-13(10-19)6-7-16(15)21-11-17(18)20/h2-8,19H,9-11H2,1H3. The van der Waals surface area contributed by atoms with Crippen LogP contribution in [0.1, 0.15) is 16.7 Å². The van der Waals surface area contributed by atoms with E-state index in [2.05, 4.69) is 19.1 Å². The van der Waals surface area contributed by atoms with Crippen molar-refractivity contribution in [2.75, 3.05) is 10.7 Å². The first-order valence-electron chi connectivity index (χ1n) is 6.90. The van der Waals surface area contributed by atoms with E-state index in [1.807, 2.05) is 35.2 Å². The number of amides is 1. The SMILES string of the molecule is Cc1ccccc1CN1C(=O)CSc2ccc(CO)cc21. The molecule has 3 rings (SSSR count). The molecule has 2 aromatic rings. The van der Waals surface area contributed by atoms with Gasteiger partial charge in [0.05, 0.1) is 24.6 Å². The van der Waals surface area contributed by atoms with Crippen molar-refractivity contribution in [2.24, 2.45) is 0 Å². The van der Waals surface area contributed by atoms with Crippen LogP contribution in [-0.2, 0) is 17.9 Å². The molecule has 0 aromatic heterocycles. The second-order valence-electron chi connectivity index (χ2n) is 5.16. The number of anilines is 1. The topological polar surface area (TPSA) is 40.5 Å². The summed E-state index contributed by atoms with van der Waals surface area (Å²) in [5, 5.41) is 9.31. The van der Waals surface area contributed by atoms with E-state index in [-0.39, 0.29) is 12.5 Å². The highest BCUT2D eigenvalue weighted by Gasteiger charge is 2.25. The second kappa shape index (κ2) is 5.92. The predicted molar refractivity (Wildman–Crippen MR) is 85.5 cm³/mol. The van der Waals surface area contributed by atoms with Crippen LogP contribution in [0.3, 0.4) is 0 Å². The number of hydrogen-bond acceptors (Lipinski definition) is 3. The molecule has 1 N–H and O–H groups in total. The highest BCUT2D eigenvalue weighted by Crippen LogP contribution is 2.37. The van der Waals surface area contributed by atoms with Crippen molar-refractivity contribution >= 4 is 23.4 Å². The van der Waals surface area contributed by atoms with Crippen molar-refractivity contribution in [3.8, 4) is 0 Å². The molecule has 1 aliphatic heterocycles. The van der Waals surface area contributed by atoms with Crippen LogP contribution in [0.5, 0.6) is 0 Å². The lowest BCUT2D eigenvalue weighted by atomic mass is 10.1. The van der Waals surface area contributed by atoms with Gasteiger partial charge in [-0.3, -0.25) is 4.79 Å². The van der Waals surface area contributed by atoms with Gasteiger partial charge in [-0.05, 0) is 35.7 Å². The van der Waals surface area contributed by atoms with Gasteiger partial charge in [-0.25, -0.2) is 0 Å². The third-order valence-electron chi connectivity index (χ3n) is 3.74. The lowest BCUT2D eigenvalue weighted by molar-refractivity contribution is -0.116. The maximum absolute atomic E-state index is 12.3. The molecule has 0 aliphatic carbocycles. The molecule has 0 saturated heterocycles. The molecular formula is C17H17NO2S. The van der Waals surface area contributed by atoms with Gasteiger partial charge in [0.25, 0.3) is 0 Å². The van der Waals surface area contributed by atoms with Crippen LogP contribution < -0.4 is 4.90 Å². The largest absolute Gasteiger partial charge is 0.392 e. The van der Waals surface area contributed by atoms with E-state index in [9.17, 15) is 9.90 Å². The Morgan fingerprint density at radius 1 is 1.24 bits per heavy atom. The first-order chi connectivity index (χ1) is 10.2. The summed E-state index contributed by atoms with van der Waals surface area (Å²) in [7, 11) is 0. The smallest absolute Gasteiger partial charge is 0.237 e. The van der Waals surface area contributed by atoms with Crippen LogP contribution in [-0.4, -0.2) is 16.8 Å². The zero-order valence-electron chi connectivity index (χ0n) is 11.9. The molecule has 0 spiro atoms. The molecule has 21 heavy (non-hydrogen) atoms. The first-order valence-corrected chi connectivity index (χ1v) is 7.89. The van der Waals surface area contributed by atoms with Gasteiger partial charge < -0.3 is 10.0 Å². The molecule has 0 saturated carbocycles. The third kappa shape index (κ3) is 2.82. The van der Waals surface area contributed by atoms with Crippen LogP contribution >= 0.6 is 11.8 Å². The molecule has 4 heteroatoms. The lowest BCUT2D eigenvalue weighted by Crippen LogP contribution is -2.35. The van der Waals surface area contributed by atoms with Crippen LogP contribution in [0, 0.1) is 6.92 Å². The van der Waals surface area contributed by atoms with Gasteiger partial charge in [0.1, 0.15) is 0 Å². The third-order valence-corrected chi connectivity index (χ3v) is 4.79. The van der Waals surface area contributed by atoms with Crippen LogP contribution in [0.4, 0.5) is 5.69 Å². The van der Waals surface area contributed by atoms with Gasteiger partial charge >= 0.3 is 0 Å². The number of fused-ring (bicyclic) bond motifs is 1. The van der Waals surface area contributed by atoms with E-state index in [1.165, 1.54) is 5.56 Å². The number of carbonyl (C=O) groups is 1. The molecule has 0 atom stereocenters. The highest BCUT2D eigenvalue weighted by atomic mass is 32.2. The fourth-order valence-electron chi connectivity index (χ4n) is 2.48. The highest BCUT2D eigenvalue weighted by molar-refractivity contribution is 8.00. The van der Waals surface area contributed by atoms with Crippen molar-refractivity contribution in [3.63, 3.8) is 0 Å². The molecule has 1 aliphatic rings. The van der Waals surface area contributed by atoms with Gasteiger partial charge in [0.2, 0.25) is 5.91 Å². The summed E-state index contributed by atoms with van der Waals surface area (Å²) in [6.45, 7) is 2.63. The Morgan fingerprint density at radius 3 is 2.81 bits per heavy atom. The second-order valence-corrected chi connectivity index (χ2v) is 6.17. The Balaban J connectivity index is 1.99. The van der Waals surface area contributed by atoms with Gasteiger partial charge in [-0.15, -0.1) is 11.8 Å². The lowest BCUT2D eigenvalue weighted by Gasteiger charge is -2.30. The summed E-state index contributed by atoms with van der Waals surface area (Å²) in [4.78, 5) is 15.2. The molecule has 0 fully saturated rings. The maximum atomic E-state index is 12.3. The number of rotatable bonds is 3. The maximum Gasteiger partial charge on any atom is 0.237 e. The number of aryl methyl sites for hydroxylation is 1. The Bertz CT molecular complexity index is 684. The zero-order valence-corrected chi connectivity index (χ0v) is 12.7. The molecule has 108 valence electrons. The Kier molecular flexibility index (Phi) is 3.99. The van der Waals surface area contributed by atoms with Gasteiger partial charge in [0, 0.05) is 4.90 Å². The fourth-order valence-corrected chi connectivity index (χ4v) is 3.39. The Morgan fingerprint density at radius 2 is 2.05 bits per heavy atom. The summed E-state index contributed by atoms with van der Waals surface area (Å²) in [6, 6.07) is 13.9. The normalized spacial score (nSPS) is 14.2. The minimum absolute atomic E-state index is 0.00958. The first kappa shape index (κ1) is 14.2. The van der Waals surface area contributed by atoms with Gasteiger partial charge in [-0.1, -0.05) is 30.3 Å². The number of aliphatic hydroxyl groups excluding tert-OH is 1. The quantitative estimate of drug-likeness (QED) is 0.946. The summed E-state index contributed by atoms with van der Waals surface area (Å²) >= 11 is 1.56. The van der Waals surface area contributed by atoms with E-state index in [0.29, 0.717) is 12.3 Å². The molecule has 1 amide bonds. The van der Waals surface area contributed by atoms with Crippen molar-refractivity contribution < 1.29 is 9.90 Å². The van der Waals surface area contributed by atoms with Crippen LogP contribution in [0.25, 0.3) is 0 Å². The Labute approximate surface area is 128 Å². The summed E-state index contributed by atoms with van der Waals surface area (Å²) < 4.78 is 0. The Hall–Kier alpha value is -1.78. The monoisotopic (exact) mass is 299 g/mol. The number of aliphatic hydroxyl groups is 1. The molecule has 0 radical (unpaired) electrons. The average molecular weight is 299 g/mol. The number of carbonyl (C=O) groups excluding carboxylic acids is 1.